The molecular weight excluding hydrogens is 620 g/mol. The van der Waals surface area contributed by atoms with Crippen LogP contribution in [0.2, 0.25) is 0 Å². The summed E-state index contributed by atoms with van der Waals surface area (Å²) in [6, 6.07) is 8.47. The first-order chi connectivity index (χ1) is 23.2. The van der Waals surface area contributed by atoms with Gasteiger partial charge in [-0.1, -0.05) is 49.8 Å². The zero-order valence-electron chi connectivity index (χ0n) is 29.3. The van der Waals surface area contributed by atoms with E-state index in [1.54, 1.807) is 14.2 Å². The summed E-state index contributed by atoms with van der Waals surface area (Å²) in [5.41, 5.74) is 19.6. The number of oxime groups is 2. The molecule has 0 aromatic heterocycles. The molecule has 3 aliphatic rings. The normalized spacial score (nSPS) is 19.3. The standard InChI is InChI=1S/C39H42N4O6/c1-11-13-46-42-35(40)31-21(3)22(4)32(36(41)43-47-14-12-2)34-33(31)48-29-16-24-26(18-30(29)49-34)39(20-38(24,7)8)19-37(5,6)23-15-27(44-9)28(45-10)17-25(23)39/h1-2,15-18H,13-14,19-20H2,3-10H3,(H2,40,42)(H2,41,43). The SMILES string of the molecule is C#CCO/N=C(\N)c1c(C)c(C)c(/C(N)=N/OCC#C)c2c1Oc1cc3c(cc1O2)C1(CC(C)(C)c2cc(OC)c(OC)cc21)CC3(C)C. The number of fused-ring (bicyclic) bond motifs is 6. The summed E-state index contributed by atoms with van der Waals surface area (Å²) in [5, 5.41) is 8.14. The number of terminal acetylenes is 2. The van der Waals surface area contributed by atoms with Crippen LogP contribution in [0.3, 0.4) is 0 Å². The molecule has 4 N–H and O–H groups in total. The highest BCUT2D eigenvalue weighted by Crippen LogP contribution is 2.65. The molecule has 1 heterocycles. The monoisotopic (exact) mass is 662 g/mol. The van der Waals surface area contributed by atoms with Crippen LogP contribution in [0.4, 0.5) is 0 Å². The number of nitrogens with zero attached hydrogens (tertiary/aromatic N) is 2. The Hall–Kier alpha value is -5.48. The number of ether oxygens (including phenoxy) is 4. The van der Waals surface area contributed by atoms with Crippen molar-refractivity contribution in [3.8, 4) is 59.2 Å². The van der Waals surface area contributed by atoms with Crippen molar-refractivity contribution in [3.05, 3.63) is 68.8 Å². The zero-order chi connectivity index (χ0) is 35.5. The molecule has 0 saturated heterocycles. The number of nitrogens with two attached hydrogens (primary N) is 2. The molecule has 2 aliphatic carbocycles. The van der Waals surface area contributed by atoms with Crippen LogP contribution >= 0.6 is 0 Å². The topological polar surface area (TPSA) is 132 Å². The summed E-state index contributed by atoms with van der Waals surface area (Å²) in [5.74, 6) is 8.03. The van der Waals surface area contributed by atoms with Gasteiger partial charge in [0.2, 0.25) is 0 Å². The maximum atomic E-state index is 6.80. The smallest absolute Gasteiger partial charge is 0.182 e. The van der Waals surface area contributed by atoms with Gasteiger partial charge in [-0.15, -0.1) is 12.8 Å². The molecule has 6 rings (SSSR count). The number of hydrogen-bond acceptors (Lipinski definition) is 8. The Morgan fingerprint density at radius 1 is 0.714 bits per heavy atom. The molecule has 0 radical (unpaired) electrons. The summed E-state index contributed by atoms with van der Waals surface area (Å²) in [6.07, 6.45) is 12.5. The molecule has 1 unspecified atom stereocenters. The summed E-state index contributed by atoms with van der Waals surface area (Å²) >= 11 is 0. The number of benzene rings is 3. The second-order valence-corrected chi connectivity index (χ2v) is 14.1. The van der Waals surface area contributed by atoms with Crippen molar-refractivity contribution in [2.45, 2.75) is 70.6 Å². The Kier molecular flexibility index (Phi) is 8.11. The first-order valence-electron chi connectivity index (χ1n) is 16.0. The van der Waals surface area contributed by atoms with Gasteiger partial charge >= 0.3 is 0 Å². The molecular formula is C39H42N4O6. The van der Waals surface area contributed by atoms with Crippen LogP contribution in [-0.2, 0) is 25.9 Å². The quantitative estimate of drug-likeness (QED) is 0.0728. The van der Waals surface area contributed by atoms with Gasteiger partial charge in [0.05, 0.1) is 25.3 Å². The fraction of sp³-hybridized carbons (Fsp3) is 0.385. The largest absolute Gasteiger partial charge is 0.493 e. The highest BCUT2D eigenvalue weighted by atomic mass is 16.6. The van der Waals surface area contributed by atoms with E-state index in [0.29, 0.717) is 39.9 Å². The minimum atomic E-state index is -0.317. The van der Waals surface area contributed by atoms with Gasteiger partial charge in [-0.05, 0) is 95.2 Å². The molecule has 10 heteroatoms. The lowest BCUT2D eigenvalue weighted by Crippen LogP contribution is -2.27. The first-order valence-corrected chi connectivity index (χ1v) is 16.0. The molecule has 1 atom stereocenters. The number of hydrogen-bond donors (Lipinski definition) is 2. The highest BCUT2D eigenvalue weighted by Gasteiger charge is 2.57. The van der Waals surface area contributed by atoms with Crippen molar-refractivity contribution in [2.75, 3.05) is 27.4 Å². The van der Waals surface area contributed by atoms with Crippen molar-refractivity contribution in [2.24, 2.45) is 21.8 Å². The molecule has 254 valence electrons. The Labute approximate surface area is 287 Å². The van der Waals surface area contributed by atoms with Crippen molar-refractivity contribution in [1.82, 2.24) is 0 Å². The van der Waals surface area contributed by atoms with Crippen molar-refractivity contribution in [1.29, 1.82) is 0 Å². The maximum Gasteiger partial charge on any atom is 0.182 e. The Balaban J connectivity index is 1.57. The molecule has 0 amide bonds. The van der Waals surface area contributed by atoms with Crippen LogP contribution in [0.15, 0.2) is 34.6 Å². The molecule has 3 aromatic carbocycles. The highest BCUT2D eigenvalue weighted by molar-refractivity contribution is 6.08. The Morgan fingerprint density at radius 2 is 1.10 bits per heavy atom. The number of methoxy groups -OCH3 is 2. The third kappa shape index (κ3) is 5.14. The van der Waals surface area contributed by atoms with E-state index < -0.39 is 0 Å². The Bertz CT molecular complexity index is 2030. The molecule has 1 aliphatic heterocycles. The van der Waals surface area contributed by atoms with Gasteiger partial charge in [0.1, 0.15) is 0 Å². The molecule has 49 heavy (non-hydrogen) atoms. The summed E-state index contributed by atoms with van der Waals surface area (Å²) in [6.45, 7) is 12.8. The number of amidine groups is 2. The van der Waals surface area contributed by atoms with Crippen LogP contribution in [0.1, 0.15) is 85.0 Å². The van der Waals surface area contributed by atoms with Gasteiger partial charge in [0, 0.05) is 5.41 Å². The van der Waals surface area contributed by atoms with E-state index in [2.05, 4.69) is 74.1 Å². The van der Waals surface area contributed by atoms with Gasteiger partial charge in [-0.2, -0.15) is 0 Å². The molecule has 3 aromatic rings. The fourth-order valence-electron chi connectivity index (χ4n) is 8.14. The predicted molar refractivity (Wildman–Crippen MR) is 189 cm³/mol. The molecule has 1 spiro atoms. The van der Waals surface area contributed by atoms with Crippen molar-refractivity contribution < 1.29 is 28.6 Å². The van der Waals surface area contributed by atoms with Crippen LogP contribution in [0.5, 0.6) is 34.5 Å². The van der Waals surface area contributed by atoms with Crippen LogP contribution < -0.4 is 30.4 Å². The third-order valence-electron chi connectivity index (χ3n) is 10.1. The third-order valence-corrected chi connectivity index (χ3v) is 10.1. The van der Waals surface area contributed by atoms with E-state index in [1.807, 2.05) is 13.8 Å². The average Bonchev–Trinajstić information content (AvgIpc) is 3.41. The van der Waals surface area contributed by atoms with Gasteiger partial charge < -0.3 is 40.1 Å². The molecule has 0 bridgehead atoms. The Morgan fingerprint density at radius 3 is 1.53 bits per heavy atom. The minimum Gasteiger partial charge on any atom is -0.493 e. The lowest BCUT2D eigenvalue weighted by atomic mass is 9.72. The minimum absolute atomic E-state index is 0.0487. The van der Waals surface area contributed by atoms with E-state index in [1.165, 1.54) is 22.3 Å². The van der Waals surface area contributed by atoms with Crippen LogP contribution in [0, 0.1) is 38.5 Å². The van der Waals surface area contributed by atoms with Gasteiger partial charge in [-0.3, -0.25) is 0 Å². The van der Waals surface area contributed by atoms with E-state index in [0.717, 1.165) is 29.7 Å². The zero-order valence-corrected chi connectivity index (χ0v) is 29.3. The van der Waals surface area contributed by atoms with E-state index in [9.17, 15) is 0 Å². The van der Waals surface area contributed by atoms with Gasteiger partial charge in [0.25, 0.3) is 0 Å². The summed E-state index contributed by atoms with van der Waals surface area (Å²) in [4.78, 5) is 10.5. The van der Waals surface area contributed by atoms with Crippen LogP contribution in [0.25, 0.3) is 0 Å². The van der Waals surface area contributed by atoms with Crippen molar-refractivity contribution in [3.63, 3.8) is 0 Å². The summed E-state index contributed by atoms with van der Waals surface area (Å²) < 4.78 is 25.1. The lowest BCUT2D eigenvalue weighted by Gasteiger charge is -2.31. The summed E-state index contributed by atoms with van der Waals surface area (Å²) in [7, 11) is 3.34. The maximum absolute atomic E-state index is 6.80. The number of rotatable bonds is 8. The van der Waals surface area contributed by atoms with Crippen molar-refractivity contribution >= 4 is 11.7 Å². The average molecular weight is 663 g/mol. The second-order valence-electron chi connectivity index (χ2n) is 14.1. The van der Waals surface area contributed by atoms with Gasteiger partial charge in [-0.25, -0.2) is 0 Å². The fourth-order valence-corrected chi connectivity index (χ4v) is 8.14. The van der Waals surface area contributed by atoms with E-state index >= 15 is 0 Å². The molecule has 0 saturated carbocycles. The van der Waals surface area contributed by atoms with Gasteiger partial charge in [0.15, 0.2) is 59.4 Å². The van der Waals surface area contributed by atoms with E-state index in [-0.39, 0.29) is 41.1 Å². The predicted octanol–water partition coefficient (Wildman–Crippen LogP) is 6.41. The lowest BCUT2D eigenvalue weighted by molar-refractivity contribution is 0.179. The molecule has 10 nitrogen and oxygen atoms in total. The second kappa shape index (κ2) is 11.9. The van der Waals surface area contributed by atoms with E-state index in [4.69, 9.17) is 52.9 Å². The molecule has 0 fully saturated rings. The first kappa shape index (κ1) is 33.4. The van der Waals surface area contributed by atoms with Crippen LogP contribution in [-0.4, -0.2) is 39.1 Å².